The number of fused-ring (bicyclic) bond motifs is 1. The maximum Gasteiger partial charge on any atom is 0.192 e. The van der Waals surface area contributed by atoms with E-state index < -0.39 is 0 Å². The van der Waals surface area contributed by atoms with Crippen LogP contribution in [0.2, 0.25) is 0 Å². The average molecular weight is 219 g/mol. The molecule has 1 aromatic carbocycles. The lowest BCUT2D eigenvalue weighted by atomic mass is 10.1. The topological polar surface area (TPSA) is 32.9 Å². The fraction of sp³-hybridized carbons (Fsp3) is 0.308. The van der Waals surface area contributed by atoms with E-state index in [9.17, 15) is 9.18 Å². The molecule has 0 spiro atoms. The van der Waals surface area contributed by atoms with Crippen LogP contribution in [0.25, 0.3) is 10.9 Å². The predicted molar refractivity (Wildman–Crippen MR) is 63.4 cm³/mol. The molecule has 0 fully saturated rings. The third-order valence-corrected chi connectivity index (χ3v) is 2.98. The summed E-state index contributed by atoms with van der Waals surface area (Å²) in [6.07, 6.45) is 0.743. The Kier molecular flexibility index (Phi) is 2.54. The Labute approximate surface area is 93.1 Å². The number of H-pyrrole nitrogens is 1. The SMILES string of the molecule is CCc1[nH]c2cc(F)c(C)cc2c(=O)c1C. The molecule has 0 aliphatic rings. The van der Waals surface area contributed by atoms with E-state index in [0.29, 0.717) is 16.5 Å². The van der Waals surface area contributed by atoms with E-state index in [0.717, 1.165) is 17.7 Å². The Balaban J connectivity index is 2.93. The van der Waals surface area contributed by atoms with Gasteiger partial charge in [0.25, 0.3) is 0 Å². The molecule has 0 atom stereocenters. The van der Waals surface area contributed by atoms with E-state index in [-0.39, 0.29) is 11.2 Å². The van der Waals surface area contributed by atoms with Gasteiger partial charge in [0.1, 0.15) is 5.82 Å². The van der Waals surface area contributed by atoms with Gasteiger partial charge in [-0.3, -0.25) is 4.79 Å². The number of hydrogen-bond donors (Lipinski definition) is 1. The molecular formula is C13H14FNO. The van der Waals surface area contributed by atoms with Gasteiger partial charge in [-0.1, -0.05) is 6.92 Å². The molecule has 2 aromatic rings. The molecule has 0 amide bonds. The molecular weight excluding hydrogens is 205 g/mol. The molecule has 0 saturated heterocycles. The van der Waals surface area contributed by atoms with Gasteiger partial charge in [0.2, 0.25) is 0 Å². The molecule has 0 saturated carbocycles. The van der Waals surface area contributed by atoms with E-state index in [1.165, 1.54) is 6.07 Å². The van der Waals surface area contributed by atoms with Crippen molar-refractivity contribution in [2.75, 3.05) is 0 Å². The molecule has 2 nitrogen and oxygen atoms in total. The standard InChI is InChI=1S/C13H14FNO/c1-4-11-8(3)13(16)9-5-7(2)10(14)6-12(9)15-11/h5-6H,4H2,1-3H3,(H,15,16). The van der Waals surface area contributed by atoms with Crippen LogP contribution in [-0.2, 0) is 6.42 Å². The average Bonchev–Trinajstić information content (AvgIpc) is 2.26. The van der Waals surface area contributed by atoms with Crippen LogP contribution in [0.5, 0.6) is 0 Å². The Morgan fingerprint density at radius 1 is 1.31 bits per heavy atom. The van der Waals surface area contributed by atoms with Crippen molar-refractivity contribution in [3.05, 3.63) is 45.0 Å². The van der Waals surface area contributed by atoms with Crippen molar-refractivity contribution >= 4 is 10.9 Å². The van der Waals surface area contributed by atoms with Gasteiger partial charge in [0.05, 0.1) is 5.52 Å². The molecule has 1 N–H and O–H groups in total. The highest BCUT2D eigenvalue weighted by Crippen LogP contribution is 2.16. The smallest absolute Gasteiger partial charge is 0.192 e. The van der Waals surface area contributed by atoms with Gasteiger partial charge >= 0.3 is 0 Å². The molecule has 16 heavy (non-hydrogen) atoms. The van der Waals surface area contributed by atoms with E-state index in [2.05, 4.69) is 4.98 Å². The number of nitrogens with one attached hydrogen (secondary N) is 1. The number of aromatic nitrogens is 1. The normalized spacial score (nSPS) is 11.0. The zero-order valence-electron chi connectivity index (χ0n) is 9.65. The van der Waals surface area contributed by atoms with Crippen molar-refractivity contribution < 1.29 is 4.39 Å². The van der Waals surface area contributed by atoms with E-state index in [1.807, 2.05) is 6.92 Å². The number of benzene rings is 1. The van der Waals surface area contributed by atoms with Crippen LogP contribution in [0.4, 0.5) is 4.39 Å². The molecule has 0 aliphatic heterocycles. The molecule has 2 rings (SSSR count). The number of rotatable bonds is 1. The first-order valence-electron chi connectivity index (χ1n) is 5.36. The monoisotopic (exact) mass is 219 g/mol. The van der Waals surface area contributed by atoms with E-state index in [1.54, 1.807) is 19.9 Å². The number of halogens is 1. The lowest BCUT2D eigenvalue weighted by Gasteiger charge is -2.07. The summed E-state index contributed by atoms with van der Waals surface area (Å²) in [5, 5.41) is 0.564. The quantitative estimate of drug-likeness (QED) is 0.786. The first-order chi connectivity index (χ1) is 7.54. The Bertz CT molecular complexity index is 613. The predicted octanol–water partition coefficient (Wildman–Crippen LogP) is 2.85. The largest absolute Gasteiger partial charge is 0.358 e. The molecule has 84 valence electrons. The van der Waals surface area contributed by atoms with E-state index >= 15 is 0 Å². The Hall–Kier alpha value is -1.64. The number of hydrogen-bond acceptors (Lipinski definition) is 1. The summed E-state index contributed by atoms with van der Waals surface area (Å²) < 4.78 is 13.4. The van der Waals surface area contributed by atoms with Crippen molar-refractivity contribution in [3.8, 4) is 0 Å². The molecule has 0 radical (unpaired) electrons. The third-order valence-electron chi connectivity index (χ3n) is 2.98. The fourth-order valence-corrected chi connectivity index (χ4v) is 1.92. The van der Waals surface area contributed by atoms with Gasteiger partial charge in [-0.2, -0.15) is 0 Å². The zero-order chi connectivity index (χ0) is 11.9. The molecule has 1 heterocycles. The van der Waals surface area contributed by atoms with Crippen molar-refractivity contribution in [2.45, 2.75) is 27.2 Å². The lowest BCUT2D eigenvalue weighted by Crippen LogP contribution is -2.11. The molecule has 3 heteroatoms. The summed E-state index contributed by atoms with van der Waals surface area (Å²) in [5.74, 6) is -0.283. The van der Waals surface area contributed by atoms with Gasteiger partial charge < -0.3 is 4.98 Å². The minimum atomic E-state index is -0.283. The minimum Gasteiger partial charge on any atom is -0.358 e. The Morgan fingerprint density at radius 3 is 2.62 bits per heavy atom. The van der Waals surface area contributed by atoms with Crippen LogP contribution in [0.3, 0.4) is 0 Å². The van der Waals surface area contributed by atoms with Crippen LogP contribution in [-0.4, -0.2) is 4.98 Å². The number of aromatic amines is 1. The van der Waals surface area contributed by atoms with Gasteiger partial charge in [0, 0.05) is 16.6 Å². The second-order valence-electron chi connectivity index (χ2n) is 4.06. The molecule has 0 aliphatic carbocycles. The van der Waals surface area contributed by atoms with Crippen molar-refractivity contribution in [1.82, 2.24) is 4.98 Å². The summed E-state index contributed by atoms with van der Waals surface area (Å²) in [5.41, 5.74) is 2.67. The van der Waals surface area contributed by atoms with Crippen molar-refractivity contribution in [1.29, 1.82) is 0 Å². The second kappa shape index (κ2) is 3.74. The molecule has 0 unspecified atom stereocenters. The zero-order valence-corrected chi connectivity index (χ0v) is 9.65. The van der Waals surface area contributed by atoms with Gasteiger partial charge in [-0.15, -0.1) is 0 Å². The lowest BCUT2D eigenvalue weighted by molar-refractivity contribution is 0.620. The highest BCUT2D eigenvalue weighted by atomic mass is 19.1. The summed E-state index contributed by atoms with van der Waals surface area (Å²) in [4.78, 5) is 15.1. The maximum atomic E-state index is 13.4. The van der Waals surface area contributed by atoms with E-state index in [4.69, 9.17) is 0 Å². The summed E-state index contributed by atoms with van der Waals surface area (Å²) in [7, 11) is 0. The Morgan fingerprint density at radius 2 is 2.00 bits per heavy atom. The van der Waals surface area contributed by atoms with Crippen LogP contribution in [0, 0.1) is 19.7 Å². The summed E-state index contributed by atoms with van der Waals surface area (Å²) in [6, 6.07) is 3.00. The van der Waals surface area contributed by atoms with Crippen LogP contribution in [0.1, 0.15) is 23.7 Å². The van der Waals surface area contributed by atoms with Crippen molar-refractivity contribution in [2.24, 2.45) is 0 Å². The fourth-order valence-electron chi connectivity index (χ4n) is 1.92. The van der Waals surface area contributed by atoms with Gasteiger partial charge in [-0.05, 0) is 38.0 Å². The first kappa shape index (κ1) is 10.9. The summed E-state index contributed by atoms with van der Waals surface area (Å²) in [6.45, 7) is 5.43. The third kappa shape index (κ3) is 1.52. The minimum absolute atomic E-state index is 0.00583. The van der Waals surface area contributed by atoms with Crippen LogP contribution < -0.4 is 5.43 Å². The number of aryl methyl sites for hydroxylation is 2. The van der Waals surface area contributed by atoms with Crippen molar-refractivity contribution in [3.63, 3.8) is 0 Å². The van der Waals surface area contributed by atoms with Gasteiger partial charge in [-0.25, -0.2) is 4.39 Å². The summed E-state index contributed by atoms with van der Waals surface area (Å²) >= 11 is 0. The van der Waals surface area contributed by atoms with Gasteiger partial charge in [0.15, 0.2) is 5.43 Å². The van der Waals surface area contributed by atoms with Crippen LogP contribution >= 0.6 is 0 Å². The number of pyridine rings is 1. The molecule has 0 bridgehead atoms. The molecule has 1 aromatic heterocycles. The highest BCUT2D eigenvalue weighted by Gasteiger charge is 2.09. The maximum absolute atomic E-state index is 13.4. The first-order valence-corrected chi connectivity index (χ1v) is 5.36. The highest BCUT2D eigenvalue weighted by molar-refractivity contribution is 5.80. The van der Waals surface area contributed by atoms with Crippen LogP contribution in [0.15, 0.2) is 16.9 Å². The second-order valence-corrected chi connectivity index (χ2v) is 4.06.